The molecule has 1 aliphatic carbocycles. The molecule has 3 amide bonds. The van der Waals surface area contributed by atoms with Gasteiger partial charge in [-0.05, 0) is 64.0 Å². The van der Waals surface area contributed by atoms with Crippen molar-refractivity contribution in [1.29, 1.82) is 0 Å². The van der Waals surface area contributed by atoms with Crippen LogP contribution in [-0.2, 0) is 38.1 Å². The van der Waals surface area contributed by atoms with Gasteiger partial charge in [0.2, 0.25) is 17.7 Å². The van der Waals surface area contributed by atoms with E-state index in [0.29, 0.717) is 32.2 Å². The minimum Gasteiger partial charge on any atom is -0.394 e. The van der Waals surface area contributed by atoms with Gasteiger partial charge in [-0.1, -0.05) is 26.7 Å². The van der Waals surface area contributed by atoms with Crippen molar-refractivity contribution in [3.05, 3.63) is 0 Å². The average molecular weight is 853 g/mol. The van der Waals surface area contributed by atoms with Crippen LogP contribution in [0.4, 0.5) is 0 Å². The Bertz CT molecular complexity index is 1230. The predicted molar refractivity (Wildman–Crippen MR) is 209 cm³/mol. The van der Waals surface area contributed by atoms with Crippen LogP contribution in [0.1, 0.15) is 91.4 Å². The Hall–Kier alpha value is -2.15. The smallest absolute Gasteiger partial charge is 0.219 e. The molecule has 344 valence electrons. The fourth-order valence-electron chi connectivity index (χ4n) is 7.46. The van der Waals surface area contributed by atoms with Crippen LogP contribution in [0.2, 0.25) is 0 Å². The Kier molecular flexibility index (Phi) is 23.5. The van der Waals surface area contributed by atoms with Gasteiger partial charge in [0.15, 0.2) is 12.6 Å². The largest absolute Gasteiger partial charge is 0.394 e. The van der Waals surface area contributed by atoms with E-state index in [9.17, 15) is 55.2 Å². The SMILES string of the molecule is CCCNCCCCCC(=O)NCCCCCC(=O)NCCCO[C@@H]1OC(CO)[C@H](O)C(O[C@H]2OC(CO)[C@H](O)C(O)C2NC(C)=O)C1O[C@@H]1CC(C)[C@@H](O)C(O)C1O. The molecule has 0 aromatic heterocycles. The topological polar surface area (TPSA) is 307 Å². The third-order valence-electron chi connectivity index (χ3n) is 11.0. The van der Waals surface area contributed by atoms with Crippen LogP contribution in [0.3, 0.4) is 0 Å². The van der Waals surface area contributed by atoms with E-state index in [1.165, 1.54) is 0 Å². The second-order valence-electron chi connectivity index (χ2n) is 15.9. The quantitative estimate of drug-likeness (QED) is 0.0387. The second kappa shape index (κ2) is 27.0. The van der Waals surface area contributed by atoms with Crippen LogP contribution in [0.5, 0.6) is 0 Å². The summed E-state index contributed by atoms with van der Waals surface area (Å²) in [7, 11) is 0. The van der Waals surface area contributed by atoms with Gasteiger partial charge in [-0.3, -0.25) is 14.4 Å². The number of carbonyl (C=O) groups is 3. The number of ether oxygens (including phenoxy) is 5. The van der Waals surface area contributed by atoms with Crippen LogP contribution in [0.25, 0.3) is 0 Å². The predicted octanol–water partition coefficient (Wildman–Crippen LogP) is -2.97. The van der Waals surface area contributed by atoms with E-state index in [1.54, 1.807) is 6.92 Å². The van der Waals surface area contributed by atoms with Crippen molar-refractivity contribution in [2.24, 2.45) is 5.92 Å². The molecule has 0 spiro atoms. The van der Waals surface area contributed by atoms with Crippen molar-refractivity contribution in [2.45, 2.75) is 177 Å². The van der Waals surface area contributed by atoms with Crippen molar-refractivity contribution in [3.8, 4) is 0 Å². The lowest BCUT2D eigenvalue weighted by molar-refractivity contribution is -0.362. The molecular formula is C39H72N4O16. The van der Waals surface area contributed by atoms with Gasteiger partial charge in [-0.2, -0.15) is 0 Å². The number of rotatable bonds is 26. The molecule has 20 nitrogen and oxygen atoms in total. The molecule has 0 aromatic rings. The van der Waals surface area contributed by atoms with Crippen LogP contribution in [-0.4, -0.2) is 190 Å². The van der Waals surface area contributed by atoms with Gasteiger partial charge in [0, 0.05) is 32.9 Å². The molecule has 1 saturated carbocycles. The molecule has 12 N–H and O–H groups in total. The molecule has 2 saturated heterocycles. The minimum absolute atomic E-state index is 0.0296. The third kappa shape index (κ3) is 16.2. The lowest BCUT2D eigenvalue weighted by atomic mass is 9.81. The normalized spacial score (nSPS) is 34.9. The lowest BCUT2D eigenvalue weighted by Crippen LogP contribution is -2.68. The van der Waals surface area contributed by atoms with Gasteiger partial charge in [0.1, 0.15) is 61.0 Å². The van der Waals surface area contributed by atoms with Crippen molar-refractivity contribution in [3.63, 3.8) is 0 Å². The Morgan fingerprint density at radius 1 is 0.644 bits per heavy atom. The second-order valence-corrected chi connectivity index (χ2v) is 15.9. The molecule has 3 rings (SSSR count). The maximum absolute atomic E-state index is 12.5. The Morgan fingerprint density at radius 3 is 1.85 bits per heavy atom. The first-order chi connectivity index (χ1) is 28.2. The third-order valence-corrected chi connectivity index (χ3v) is 11.0. The number of carbonyl (C=O) groups excluding carboxylic acids is 3. The zero-order chi connectivity index (χ0) is 43.5. The Labute approximate surface area is 346 Å². The van der Waals surface area contributed by atoms with Gasteiger partial charge in [0.05, 0.1) is 32.0 Å². The number of unbranched alkanes of at least 4 members (excludes halogenated alkanes) is 4. The standard InChI is InChI=1S/C39H72N4O16/c1-4-14-40-15-9-5-7-12-27(47)41-16-10-6-8-13-28(48)42-17-11-18-55-39-37(56-24-19-22(2)30(49)35(54)31(24)50)36(33(52)26(21-45)58-39)59-38-29(43-23(3)46)34(53)32(51)25(20-44)57-38/h22,24-26,29-40,44-45,49-54H,4-21H2,1-3H3,(H,41,47)(H,42,48)(H,43,46)/t22?,24-,25?,26?,29?,30-,31?,32+,33+,34?,35?,36?,37?,38-,39-/m1/s1. The van der Waals surface area contributed by atoms with Gasteiger partial charge in [-0.15, -0.1) is 0 Å². The van der Waals surface area contributed by atoms with E-state index in [1.807, 2.05) is 0 Å². The summed E-state index contributed by atoms with van der Waals surface area (Å²) in [4.78, 5) is 36.6. The molecular weight excluding hydrogens is 780 g/mol. The number of hydrogen-bond donors (Lipinski definition) is 12. The highest BCUT2D eigenvalue weighted by Gasteiger charge is 2.54. The van der Waals surface area contributed by atoms with Crippen LogP contribution in [0, 0.1) is 5.92 Å². The molecule has 3 fully saturated rings. The Balaban J connectivity index is 1.56. The highest BCUT2D eigenvalue weighted by molar-refractivity contribution is 5.76. The molecule has 2 aliphatic heterocycles. The summed E-state index contributed by atoms with van der Waals surface area (Å²) in [5.41, 5.74) is 0. The zero-order valence-electron chi connectivity index (χ0n) is 34.7. The number of aliphatic hydroxyl groups excluding tert-OH is 8. The van der Waals surface area contributed by atoms with Gasteiger partial charge < -0.3 is 85.8 Å². The average Bonchev–Trinajstić information content (AvgIpc) is 3.21. The van der Waals surface area contributed by atoms with E-state index in [0.717, 1.165) is 58.5 Å². The molecule has 0 radical (unpaired) electrons. The zero-order valence-corrected chi connectivity index (χ0v) is 34.7. The maximum Gasteiger partial charge on any atom is 0.219 e. The summed E-state index contributed by atoms with van der Waals surface area (Å²) in [6.45, 7) is 6.21. The number of hydrogen-bond acceptors (Lipinski definition) is 17. The summed E-state index contributed by atoms with van der Waals surface area (Å²) < 4.78 is 30.1. The number of nitrogens with one attached hydrogen (secondary N) is 4. The van der Waals surface area contributed by atoms with Crippen molar-refractivity contribution in [1.82, 2.24) is 21.3 Å². The molecule has 2 heterocycles. The molecule has 15 atom stereocenters. The first-order valence-electron chi connectivity index (χ1n) is 21.3. The van der Waals surface area contributed by atoms with Gasteiger partial charge in [0.25, 0.3) is 0 Å². The van der Waals surface area contributed by atoms with E-state index in [-0.39, 0.29) is 31.4 Å². The summed E-state index contributed by atoms with van der Waals surface area (Å²) in [5.74, 6) is -1.27. The van der Waals surface area contributed by atoms with Crippen molar-refractivity contribution < 1.29 is 78.9 Å². The maximum atomic E-state index is 12.5. The monoisotopic (exact) mass is 852 g/mol. The fraction of sp³-hybridized carbons (Fsp3) is 0.923. The first-order valence-corrected chi connectivity index (χ1v) is 21.3. The van der Waals surface area contributed by atoms with Crippen molar-refractivity contribution in [2.75, 3.05) is 46.0 Å². The highest BCUT2D eigenvalue weighted by atomic mass is 16.7. The van der Waals surface area contributed by atoms with E-state index >= 15 is 0 Å². The molecule has 20 heteroatoms. The summed E-state index contributed by atoms with van der Waals surface area (Å²) in [6, 6.07) is -1.41. The highest BCUT2D eigenvalue weighted by Crippen LogP contribution is 2.35. The first kappa shape index (κ1) is 51.2. The fourth-order valence-corrected chi connectivity index (χ4v) is 7.46. The molecule has 0 aromatic carbocycles. The van der Waals surface area contributed by atoms with Crippen LogP contribution >= 0.6 is 0 Å². The molecule has 59 heavy (non-hydrogen) atoms. The van der Waals surface area contributed by atoms with Gasteiger partial charge >= 0.3 is 0 Å². The van der Waals surface area contributed by atoms with Crippen LogP contribution in [0.15, 0.2) is 0 Å². The summed E-state index contributed by atoms with van der Waals surface area (Å²) >= 11 is 0. The minimum atomic E-state index is -1.69. The van der Waals surface area contributed by atoms with E-state index < -0.39 is 111 Å². The molecule has 0 bridgehead atoms. The van der Waals surface area contributed by atoms with Gasteiger partial charge in [-0.25, -0.2) is 0 Å². The summed E-state index contributed by atoms with van der Waals surface area (Å²) in [5, 5.41) is 96.1. The Morgan fingerprint density at radius 2 is 1.24 bits per heavy atom. The number of amides is 3. The van der Waals surface area contributed by atoms with E-state index in [4.69, 9.17) is 23.7 Å². The lowest BCUT2D eigenvalue weighted by Gasteiger charge is -2.49. The van der Waals surface area contributed by atoms with E-state index in [2.05, 4.69) is 28.2 Å². The van der Waals surface area contributed by atoms with Crippen molar-refractivity contribution >= 4 is 17.7 Å². The summed E-state index contributed by atoms with van der Waals surface area (Å²) in [6.07, 6.45) is -11.8. The number of aliphatic hydroxyl groups is 8. The molecule has 3 aliphatic rings. The van der Waals surface area contributed by atoms with Crippen LogP contribution < -0.4 is 21.3 Å². The molecule has 9 unspecified atom stereocenters.